The Morgan fingerprint density at radius 1 is 1.00 bits per heavy atom. The molecule has 2 amide bonds. The summed E-state index contributed by atoms with van der Waals surface area (Å²) < 4.78 is 39.6. The highest BCUT2D eigenvalue weighted by Crippen LogP contribution is 2.45. The zero-order valence-electron chi connectivity index (χ0n) is 11.8. The molecule has 1 fully saturated rings. The number of urea groups is 1. The average molecular weight is 341 g/mol. The molecule has 0 atom stereocenters. The van der Waals surface area contributed by atoms with E-state index in [0.29, 0.717) is 5.02 Å². The zero-order valence-corrected chi connectivity index (χ0v) is 12.6. The van der Waals surface area contributed by atoms with Crippen LogP contribution in [0.4, 0.5) is 23.7 Å². The van der Waals surface area contributed by atoms with Crippen LogP contribution in [0, 0.1) is 17.5 Å². The van der Waals surface area contributed by atoms with Gasteiger partial charge in [0.2, 0.25) is 0 Å². The van der Waals surface area contributed by atoms with Gasteiger partial charge in [0.25, 0.3) is 0 Å². The summed E-state index contributed by atoms with van der Waals surface area (Å²) in [6.07, 6.45) is 1.45. The zero-order chi connectivity index (χ0) is 16.6. The lowest BCUT2D eigenvalue weighted by molar-refractivity contribution is 0.247. The molecule has 1 aliphatic carbocycles. The number of carbonyl (C=O) groups is 1. The molecular weight excluding hydrogens is 329 g/mol. The van der Waals surface area contributed by atoms with Gasteiger partial charge < -0.3 is 10.6 Å². The third kappa shape index (κ3) is 3.12. The molecule has 0 spiro atoms. The Balaban J connectivity index is 1.73. The minimum absolute atomic E-state index is 0.423. The standard InChI is InChI=1S/C16H12ClF3N2O/c17-10-3-1-9(2-4-10)16(7-8-16)22-15(23)21-12-6-5-11(18)13(19)14(12)20/h1-6H,7-8H2,(H2,21,22,23). The molecule has 0 aromatic heterocycles. The number of carbonyl (C=O) groups excluding carboxylic acids is 1. The summed E-state index contributed by atoms with van der Waals surface area (Å²) in [5.74, 6) is -4.37. The Bertz CT molecular complexity index is 761. The fraction of sp³-hybridized carbons (Fsp3) is 0.188. The quantitative estimate of drug-likeness (QED) is 0.790. The van der Waals surface area contributed by atoms with Crippen molar-refractivity contribution in [2.45, 2.75) is 18.4 Å². The van der Waals surface area contributed by atoms with Crippen LogP contribution in [-0.2, 0) is 5.54 Å². The van der Waals surface area contributed by atoms with Gasteiger partial charge in [0, 0.05) is 5.02 Å². The Labute approximate surface area is 135 Å². The predicted octanol–water partition coefficient (Wildman–Crippen LogP) is 4.57. The monoisotopic (exact) mass is 340 g/mol. The SMILES string of the molecule is O=C(Nc1ccc(F)c(F)c1F)NC1(c2ccc(Cl)cc2)CC1. The Hall–Kier alpha value is -2.21. The molecule has 0 bridgehead atoms. The largest absolute Gasteiger partial charge is 0.328 e. The first-order chi connectivity index (χ1) is 10.9. The van der Waals surface area contributed by atoms with E-state index in [1.807, 2.05) is 0 Å². The molecule has 1 aliphatic rings. The molecule has 3 rings (SSSR count). The number of anilines is 1. The molecular formula is C16H12ClF3N2O. The minimum Gasteiger partial charge on any atom is -0.328 e. The number of benzene rings is 2. The van der Waals surface area contributed by atoms with Gasteiger partial charge >= 0.3 is 6.03 Å². The highest BCUT2D eigenvalue weighted by Gasteiger charge is 2.45. The number of rotatable bonds is 3. The van der Waals surface area contributed by atoms with Gasteiger partial charge in [-0.25, -0.2) is 18.0 Å². The van der Waals surface area contributed by atoms with Crippen molar-refractivity contribution in [3.05, 3.63) is 64.4 Å². The maximum Gasteiger partial charge on any atom is 0.320 e. The molecule has 0 saturated heterocycles. The molecule has 0 aliphatic heterocycles. The Kier molecular flexibility index (Phi) is 3.93. The summed E-state index contributed by atoms with van der Waals surface area (Å²) in [7, 11) is 0. The van der Waals surface area contributed by atoms with Crippen molar-refractivity contribution < 1.29 is 18.0 Å². The highest BCUT2D eigenvalue weighted by molar-refractivity contribution is 6.30. The molecule has 2 aromatic rings. The van der Waals surface area contributed by atoms with Crippen molar-refractivity contribution >= 4 is 23.3 Å². The molecule has 23 heavy (non-hydrogen) atoms. The van der Waals surface area contributed by atoms with Gasteiger partial charge in [0.1, 0.15) is 0 Å². The fourth-order valence-corrected chi connectivity index (χ4v) is 2.50. The number of hydrogen-bond acceptors (Lipinski definition) is 1. The average Bonchev–Trinajstić information content (AvgIpc) is 3.29. The van der Waals surface area contributed by atoms with Crippen molar-refractivity contribution in [1.29, 1.82) is 0 Å². The third-order valence-electron chi connectivity index (χ3n) is 3.78. The third-order valence-corrected chi connectivity index (χ3v) is 4.03. The van der Waals surface area contributed by atoms with Gasteiger partial charge in [-0.15, -0.1) is 0 Å². The van der Waals surface area contributed by atoms with E-state index in [4.69, 9.17) is 11.6 Å². The van der Waals surface area contributed by atoms with Gasteiger partial charge in [-0.1, -0.05) is 23.7 Å². The highest BCUT2D eigenvalue weighted by atomic mass is 35.5. The van der Waals surface area contributed by atoms with Crippen LogP contribution < -0.4 is 10.6 Å². The lowest BCUT2D eigenvalue weighted by Crippen LogP contribution is -2.38. The molecule has 3 nitrogen and oxygen atoms in total. The summed E-state index contributed by atoms with van der Waals surface area (Å²) in [6, 6.07) is 8.05. The Morgan fingerprint density at radius 2 is 1.65 bits per heavy atom. The van der Waals surface area contributed by atoms with Crippen molar-refractivity contribution in [2.75, 3.05) is 5.32 Å². The molecule has 120 valence electrons. The molecule has 2 aromatic carbocycles. The van der Waals surface area contributed by atoms with Crippen LogP contribution in [-0.4, -0.2) is 6.03 Å². The minimum atomic E-state index is -1.62. The first-order valence-electron chi connectivity index (χ1n) is 6.90. The maximum absolute atomic E-state index is 13.6. The summed E-state index contributed by atoms with van der Waals surface area (Å²) >= 11 is 5.83. The van der Waals surface area contributed by atoms with Crippen molar-refractivity contribution in [3.8, 4) is 0 Å². The molecule has 1 saturated carbocycles. The Morgan fingerprint density at radius 3 is 2.26 bits per heavy atom. The van der Waals surface area contributed by atoms with Gasteiger partial charge in [0.05, 0.1) is 11.2 Å². The first kappa shape index (κ1) is 15.7. The molecule has 0 heterocycles. The van der Waals surface area contributed by atoms with Crippen LogP contribution in [0.3, 0.4) is 0 Å². The maximum atomic E-state index is 13.6. The van der Waals surface area contributed by atoms with Crippen molar-refractivity contribution in [3.63, 3.8) is 0 Å². The number of halogens is 4. The van der Waals surface area contributed by atoms with Crippen LogP contribution in [0.1, 0.15) is 18.4 Å². The van der Waals surface area contributed by atoms with E-state index < -0.39 is 34.7 Å². The smallest absolute Gasteiger partial charge is 0.320 e. The molecule has 7 heteroatoms. The van der Waals surface area contributed by atoms with Gasteiger partial charge in [-0.05, 0) is 42.7 Å². The van der Waals surface area contributed by atoms with E-state index >= 15 is 0 Å². The van der Waals surface area contributed by atoms with E-state index in [2.05, 4.69) is 10.6 Å². The summed E-state index contributed by atoms with van der Waals surface area (Å²) in [4.78, 5) is 12.0. The topological polar surface area (TPSA) is 41.1 Å². The van der Waals surface area contributed by atoms with Gasteiger partial charge in [0.15, 0.2) is 17.5 Å². The molecule has 0 radical (unpaired) electrons. The van der Waals surface area contributed by atoms with E-state index in [0.717, 1.165) is 30.5 Å². The van der Waals surface area contributed by atoms with E-state index in [1.165, 1.54) is 0 Å². The van der Waals surface area contributed by atoms with Crippen LogP contribution in [0.2, 0.25) is 5.02 Å². The lowest BCUT2D eigenvalue weighted by atomic mass is 10.1. The van der Waals surface area contributed by atoms with E-state index in [-0.39, 0.29) is 0 Å². The van der Waals surface area contributed by atoms with Crippen molar-refractivity contribution in [1.82, 2.24) is 5.32 Å². The second-order valence-electron chi connectivity index (χ2n) is 5.39. The first-order valence-corrected chi connectivity index (χ1v) is 7.28. The van der Waals surface area contributed by atoms with E-state index in [9.17, 15) is 18.0 Å². The predicted molar refractivity (Wildman–Crippen MR) is 80.8 cm³/mol. The van der Waals surface area contributed by atoms with Gasteiger partial charge in [-0.3, -0.25) is 0 Å². The second-order valence-corrected chi connectivity index (χ2v) is 5.83. The number of amides is 2. The summed E-state index contributed by atoms with van der Waals surface area (Å²) in [6.45, 7) is 0. The normalized spacial score (nSPS) is 15.1. The van der Waals surface area contributed by atoms with Crippen LogP contribution >= 0.6 is 11.6 Å². The summed E-state index contributed by atoms with van der Waals surface area (Å²) in [5, 5.41) is 5.52. The van der Waals surface area contributed by atoms with E-state index in [1.54, 1.807) is 24.3 Å². The van der Waals surface area contributed by atoms with Crippen LogP contribution in [0.5, 0.6) is 0 Å². The van der Waals surface area contributed by atoms with Crippen molar-refractivity contribution in [2.24, 2.45) is 0 Å². The summed E-state index contributed by atoms with van der Waals surface area (Å²) in [5.41, 5.74) is -0.0832. The number of hydrogen-bond donors (Lipinski definition) is 2. The molecule has 0 unspecified atom stereocenters. The number of nitrogens with one attached hydrogen (secondary N) is 2. The van der Waals surface area contributed by atoms with Crippen LogP contribution in [0.15, 0.2) is 36.4 Å². The fourth-order valence-electron chi connectivity index (χ4n) is 2.37. The van der Waals surface area contributed by atoms with Gasteiger partial charge in [-0.2, -0.15) is 0 Å². The molecule has 2 N–H and O–H groups in total. The lowest BCUT2D eigenvalue weighted by Gasteiger charge is -2.19. The van der Waals surface area contributed by atoms with Crippen LogP contribution in [0.25, 0.3) is 0 Å². The second kappa shape index (κ2) is 5.77.